The number of rotatable bonds is 5. The fourth-order valence-corrected chi connectivity index (χ4v) is 4.29. The predicted molar refractivity (Wildman–Crippen MR) is 108 cm³/mol. The number of hydrogen-bond donors (Lipinski definition) is 1. The number of carbonyl (C=O) groups is 1. The lowest BCUT2D eigenvalue weighted by atomic mass is 10.1. The zero-order chi connectivity index (χ0) is 18.6. The van der Waals surface area contributed by atoms with Crippen LogP contribution < -0.4 is 5.32 Å². The monoisotopic (exact) mass is 398 g/mol. The second-order valence-electron chi connectivity index (χ2n) is 6.49. The number of anilines is 1. The highest BCUT2D eigenvalue weighted by molar-refractivity contribution is 7.14. The standard InChI is InChI=1S/C20H19ClN4OS/c21-15-6-3-5-14(11-15)19(26)24-20-23-17(13-27-20)18-8-4-10-25(18)12-16-7-1-2-9-22-16/h1-3,5-7,9,11,13,18H,4,8,10,12H2,(H,23,24,26). The van der Waals surface area contributed by atoms with Crippen LogP contribution in [-0.2, 0) is 6.54 Å². The van der Waals surface area contributed by atoms with Crippen molar-refractivity contribution in [2.24, 2.45) is 0 Å². The van der Waals surface area contributed by atoms with E-state index in [1.165, 1.54) is 11.3 Å². The molecule has 0 aliphatic carbocycles. The van der Waals surface area contributed by atoms with Gasteiger partial charge in [-0.25, -0.2) is 4.98 Å². The van der Waals surface area contributed by atoms with Gasteiger partial charge in [0, 0.05) is 28.7 Å². The summed E-state index contributed by atoms with van der Waals surface area (Å²) >= 11 is 7.41. The van der Waals surface area contributed by atoms with Gasteiger partial charge >= 0.3 is 0 Å². The molecular weight excluding hydrogens is 380 g/mol. The van der Waals surface area contributed by atoms with E-state index in [-0.39, 0.29) is 11.9 Å². The lowest BCUT2D eigenvalue weighted by Gasteiger charge is -2.22. The minimum absolute atomic E-state index is 0.199. The highest BCUT2D eigenvalue weighted by Gasteiger charge is 2.28. The summed E-state index contributed by atoms with van der Waals surface area (Å²) in [6.45, 7) is 1.84. The quantitative estimate of drug-likeness (QED) is 0.671. The molecule has 27 heavy (non-hydrogen) atoms. The van der Waals surface area contributed by atoms with Crippen molar-refractivity contribution in [3.8, 4) is 0 Å². The van der Waals surface area contributed by atoms with E-state index >= 15 is 0 Å². The van der Waals surface area contributed by atoms with Crippen molar-refractivity contribution in [2.75, 3.05) is 11.9 Å². The number of aromatic nitrogens is 2. The molecule has 1 unspecified atom stereocenters. The van der Waals surface area contributed by atoms with Crippen molar-refractivity contribution in [3.63, 3.8) is 0 Å². The van der Waals surface area contributed by atoms with E-state index in [0.29, 0.717) is 15.7 Å². The molecule has 5 nitrogen and oxygen atoms in total. The Morgan fingerprint density at radius 3 is 3.04 bits per heavy atom. The van der Waals surface area contributed by atoms with E-state index in [9.17, 15) is 4.79 Å². The van der Waals surface area contributed by atoms with Crippen LogP contribution in [0.2, 0.25) is 5.02 Å². The first-order valence-electron chi connectivity index (χ1n) is 8.85. The SMILES string of the molecule is O=C(Nc1nc(C2CCCN2Cc2ccccn2)cs1)c1cccc(Cl)c1. The van der Waals surface area contributed by atoms with Crippen LogP contribution in [0.5, 0.6) is 0 Å². The van der Waals surface area contributed by atoms with Gasteiger partial charge in [0.05, 0.1) is 17.4 Å². The molecule has 0 radical (unpaired) electrons. The number of amides is 1. The lowest BCUT2D eigenvalue weighted by molar-refractivity contribution is 0.102. The summed E-state index contributed by atoms with van der Waals surface area (Å²) in [6.07, 6.45) is 4.03. The summed E-state index contributed by atoms with van der Waals surface area (Å²) in [5.74, 6) is -0.199. The molecule has 138 valence electrons. The van der Waals surface area contributed by atoms with Gasteiger partial charge in [0.2, 0.25) is 0 Å². The molecule has 7 heteroatoms. The molecule has 3 aromatic rings. The van der Waals surface area contributed by atoms with E-state index in [1.807, 2.05) is 29.8 Å². The number of nitrogens with zero attached hydrogens (tertiary/aromatic N) is 3. The van der Waals surface area contributed by atoms with Gasteiger partial charge in [0.25, 0.3) is 5.91 Å². The van der Waals surface area contributed by atoms with Gasteiger partial charge in [0.1, 0.15) is 0 Å². The normalized spacial score (nSPS) is 17.1. The van der Waals surface area contributed by atoms with Gasteiger partial charge in [-0.3, -0.25) is 20.0 Å². The van der Waals surface area contributed by atoms with Gasteiger partial charge in [-0.05, 0) is 49.7 Å². The Kier molecular flexibility index (Phi) is 5.48. The van der Waals surface area contributed by atoms with Gasteiger partial charge in [-0.1, -0.05) is 23.7 Å². The molecule has 1 saturated heterocycles. The third kappa shape index (κ3) is 4.35. The van der Waals surface area contributed by atoms with Crippen LogP contribution in [0.15, 0.2) is 54.0 Å². The van der Waals surface area contributed by atoms with E-state index in [2.05, 4.69) is 20.2 Å². The van der Waals surface area contributed by atoms with Gasteiger partial charge < -0.3 is 0 Å². The molecule has 1 fully saturated rings. The maximum atomic E-state index is 12.4. The zero-order valence-electron chi connectivity index (χ0n) is 14.6. The molecule has 0 spiro atoms. The molecule has 3 heterocycles. The van der Waals surface area contributed by atoms with Crippen LogP contribution in [0.3, 0.4) is 0 Å². The Morgan fingerprint density at radius 2 is 2.22 bits per heavy atom. The largest absolute Gasteiger partial charge is 0.298 e. The maximum Gasteiger partial charge on any atom is 0.257 e. The lowest BCUT2D eigenvalue weighted by Crippen LogP contribution is -2.23. The molecule has 1 aliphatic heterocycles. The van der Waals surface area contributed by atoms with Crippen LogP contribution in [-0.4, -0.2) is 27.3 Å². The first-order chi connectivity index (χ1) is 13.2. The minimum Gasteiger partial charge on any atom is -0.298 e. The average molecular weight is 399 g/mol. The van der Waals surface area contributed by atoms with Crippen LogP contribution in [0.25, 0.3) is 0 Å². The highest BCUT2D eigenvalue weighted by atomic mass is 35.5. The van der Waals surface area contributed by atoms with Gasteiger partial charge in [-0.2, -0.15) is 0 Å². The molecule has 1 aliphatic rings. The Labute approximate surface area is 167 Å². The fraction of sp³-hybridized carbons (Fsp3) is 0.250. The van der Waals surface area contributed by atoms with Crippen molar-refractivity contribution in [1.29, 1.82) is 0 Å². The Bertz CT molecular complexity index is 930. The molecule has 1 atom stereocenters. The third-order valence-electron chi connectivity index (χ3n) is 4.63. The summed E-state index contributed by atoms with van der Waals surface area (Å²) in [4.78, 5) is 23.9. The van der Waals surface area contributed by atoms with Crippen molar-refractivity contribution in [3.05, 3.63) is 76.0 Å². The molecule has 1 amide bonds. The van der Waals surface area contributed by atoms with Gasteiger partial charge in [-0.15, -0.1) is 11.3 Å². The molecule has 2 aromatic heterocycles. The van der Waals surface area contributed by atoms with Crippen LogP contribution in [0, 0.1) is 0 Å². The fourth-order valence-electron chi connectivity index (χ4n) is 3.35. The number of pyridine rings is 1. The van der Waals surface area contributed by atoms with Crippen LogP contribution in [0.1, 0.15) is 40.6 Å². The molecule has 4 rings (SSSR count). The first kappa shape index (κ1) is 18.1. The number of carbonyl (C=O) groups excluding carboxylic acids is 1. The molecule has 0 bridgehead atoms. The zero-order valence-corrected chi connectivity index (χ0v) is 16.2. The number of nitrogens with one attached hydrogen (secondary N) is 1. The molecule has 0 saturated carbocycles. The van der Waals surface area contributed by atoms with E-state index in [1.54, 1.807) is 24.3 Å². The second-order valence-corrected chi connectivity index (χ2v) is 7.79. The number of likely N-dealkylation sites (tertiary alicyclic amines) is 1. The second kappa shape index (κ2) is 8.17. The smallest absolute Gasteiger partial charge is 0.257 e. The average Bonchev–Trinajstić information content (AvgIpc) is 3.32. The first-order valence-corrected chi connectivity index (χ1v) is 10.1. The summed E-state index contributed by atoms with van der Waals surface area (Å²) in [6, 6.07) is 13.2. The molecule has 1 aromatic carbocycles. The Hall–Kier alpha value is -2.28. The predicted octanol–water partition coefficient (Wildman–Crippen LogP) is 4.78. The van der Waals surface area contributed by atoms with E-state index in [0.717, 1.165) is 37.3 Å². The van der Waals surface area contributed by atoms with E-state index < -0.39 is 0 Å². The topological polar surface area (TPSA) is 58.1 Å². The van der Waals surface area contributed by atoms with Crippen molar-refractivity contribution in [1.82, 2.24) is 14.9 Å². The third-order valence-corrected chi connectivity index (χ3v) is 5.64. The summed E-state index contributed by atoms with van der Waals surface area (Å²) in [5.41, 5.74) is 2.60. The Morgan fingerprint density at radius 1 is 1.30 bits per heavy atom. The van der Waals surface area contributed by atoms with E-state index in [4.69, 9.17) is 11.6 Å². The van der Waals surface area contributed by atoms with Crippen LogP contribution in [0.4, 0.5) is 5.13 Å². The van der Waals surface area contributed by atoms with Crippen molar-refractivity contribution in [2.45, 2.75) is 25.4 Å². The van der Waals surface area contributed by atoms with Crippen molar-refractivity contribution >= 4 is 34.0 Å². The highest BCUT2D eigenvalue weighted by Crippen LogP contribution is 2.34. The van der Waals surface area contributed by atoms with Crippen molar-refractivity contribution < 1.29 is 4.79 Å². The summed E-state index contributed by atoms with van der Waals surface area (Å²) in [7, 11) is 0. The Balaban J connectivity index is 1.44. The summed E-state index contributed by atoms with van der Waals surface area (Å²) < 4.78 is 0. The molecule has 1 N–H and O–H groups in total. The van der Waals surface area contributed by atoms with Crippen LogP contribution >= 0.6 is 22.9 Å². The molecular formula is C20H19ClN4OS. The minimum atomic E-state index is -0.199. The number of thiazole rings is 1. The van der Waals surface area contributed by atoms with Gasteiger partial charge in [0.15, 0.2) is 5.13 Å². The number of halogens is 1. The number of benzene rings is 1. The summed E-state index contributed by atoms with van der Waals surface area (Å²) in [5, 5.41) is 6.06. The number of hydrogen-bond acceptors (Lipinski definition) is 5. The maximum absolute atomic E-state index is 12.4.